The molecule has 1 aromatic heterocycles. The van der Waals surface area contributed by atoms with Crippen molar-refractivity contribution in [1.82, 2.24) is 14.9 Å². The van der Waals surface area contributed by atoms with E-state index >= 15 is 0 Å². The largest absolute Gasteiger partial charge is 0.469 e. The van der Waals surface area contributed by atoms with Crippen LogP contribution >= 0.6 is 0 Å². The number of furan rings is 1. The van der Waals surface area contributed by atoms with Crippen molar-refractivity contribution in [3.05, 3.63) is 24.2 Å². The van der Waals surface area contributed by atoms with E-state index < -0.39 is 10.0 Å². The van der Waals surface area contributed by atoms with Crippen LogP contribution in [0.4, 0.5) is 0 Å². The molecular weight excluding hydrogens is 368 g/mol. The molecule has 2 N–H and O–H groups in total. The Balaban J connectivity index is 1.54. The quantitative estimate of drug-likeness (QED) is 0.497. The summed E-state index contributed by atoms with van der Waals surface area (Å²) in [6.07, 6.45) is 6.52. The zero-order valence-electron chi connectivity index (χ0n) is 15.9. The van der Waals surface area contributed by atoms with Crippen molar-refractivity contribution >= 4 is 16.0 Å². The van der Waals surface area contributed by atoms with E-state index in [0.29, 0.717) is 38.1 Å². The molecule has 8 nitrogen and oxygen atoms in total. The van der Waals surface area contributed by atoms with Gasteiger partial charge in [0, 0.05) is 51.2 Å². The molecule has 0 bridgehead atoms. The number of rotatable bonds is 8. The van der Waals surface area contributed by atoms with E-state index in [1.54, 1.807) is 10.6 Å². The van der Waals surface area contributed by atoms with Gasteiger partial charge in [-0.1, -0.05) is 0 Å². The number of aliphatic imine (C=N–C) groups is 1. The molecule has 0 aromatic carbocycles. The summed E-state index contributed by atoms with van der Waals surface area (Å²) < 4.78 is 36.2. The topological polar surface area (TPSA) is 96.2 Å². The van der Waals surface area contributed by atoms with E-state index in [9.17, 15) is 8.42 Å². The van der Waals surface area contributed by atoms with Gasteiger partial charge in [-0.3, -0.25) is 4.99 Å². The van der Waals surface area contributed by atoms with E-state index in [0.717, 1.165) is 44.7 Å². The Morgan fingerprint density at radius 1 is 1.37 bits per heavy atom. The molecule has 2 aliphatic rings. The molecular formula is C18H30N4O4S. The van der Waals surface area contributed by atoms with Crippen LogP contribution < -0.4 is 10.6 Å². The molecule has 0 radical (unpaired) electrons. The Hall–Kier alpha value is -1.58. The number of sulfonamides is 1. The van der Waals surface area contributed by atoms with Gasteiger partial charge in [0.15, 0.2) is 5.96 Å². The number of nitrogens with one attached hydrogen (secondary N) is 2. The third-order valence-corrected chi connectivity index (χ3v) is 6.36. The standard InChI is InChI=1S/C18H30N4O4S/c1-27(23,24)22-9-2-4-16(22)13-21-18(20-12-15-7-11-25-14-15)19-8-6-17-5-3-10-26-17/h3,5,10,15-16H,2,4,6-9,11-14H2,1H3,(H2,19,20,21)/t15?,16-/m1/s1. The smallest absolute Gasteiger partial charge is 0.211 e. The van der Waals surface area contributed by atoms with Gasteiger partial charge >= 0.3 is 0 Å². The van der Waals surface area contributed by atoms with Gasteiger partial charge in [0.1, 0.15) is 5.76 Å². The van der Waals surface area contributed by atoms with Gasteiger partial charge in [0.05, 0.1) is 19.1 Å². The Kier molecular flexibility index (Phi) is 7.14. The average Bonchev–Trinajstić information content (AvgIpc) is 3.38. The maximum atomic E-state index is 11.9. The molecule has 2 saturated heterocycles. The molecule has 2 aliphatic heterocycles. The molecule has 3 rings (SSSR count). The van der Waals surface area contributed by atoms with Crippen molar-refractivity contribution in [1.29, 1.82) is 0 Å². The number of guanidine groups is 1. The van der Waals surface area contributed by atoms with E-state index in [1.165, 1.54) is 6.26 Å². The van der Waals surface area contributed by atoms with Crippen LogP contribution in [0.3, 0.4) is 0 Å². The number of hydrogen-bond donors (Lipinski definition) is 2. The number of ether oxygens (including phenoxy) is 1. The predicted molar refractivity (Wildman–Crippen MR) is 104 cm³/mol. The molecule has 3 heterocycles. The van der Waals surface area contributed by atoms with E-state index in [1.807, 2.05) is 12.1 Å². The van der Waals surface area contributed by atoms with Crippen LogP contribution in [-0.2, 0) is 21.2 Å². The fourth-order valence-electron chi connectivity index (χ4n) is 3.55. The zero-order chi connectivity index (χ0) is 19.1. The lowest BCUT2D eigenvalue weighted by atomic mass is 10.1. The lowest BCUT2D eigenvalue weighted by Gasteiger charge is -2.23. The van der Waals surface area contributed by atoms with Crippen molar-refractivity contribution in [3.8, 4) is 0 Å². The first kappa shape index (κ1) is 20.2. The lowest BCUT2D eigenvalue weighted by Crippen LogP contribution is -2.46. The molecule has 0 amide bonds. The maximum Gasteiger partial charge on any atom is 0.211 e. The molecule has 152 valence electrons. The second-order valence-corrected chi connectivity index (χ2v) is 9.16. The molecule has 0 saturated carbocycles. The first-order chi connectivity index (χ1) is 13.0. The van der Waals surface area contributed by atoms with Crippen LogP contribution in [0.15, 0.2) is 27.8 Å². The van der Waals surface area contributed by atoms with Gasteiger partial charge in [-0.2, -0.15) is 4.31 Å². The summed E-state index contributed by atoms with van der Waals surface area (Å²) in [6.45, 7) is 4.12. The average molecular weight is 399 g/mol. The number of nitrogens with zero attached hydrogens (tertiary/aromatic N) is 2. The minimum Gasteiger partial charge on any atom is -0.469 e. The number of hydrogen-bond acceptors (Lipinski definition) is 5. The van der Waals surface area contributed by atoms with Crippen molar-refractivity contribution < 1.29 is 17.6 Å². The Morgan fingerprint density at radius 3 is 2.96 bits per heavy atom. The zero-order valence-corrected chi connectivity index (χ0v) is 16.7. The Morgan fingerprint density at radius 2 is 2.26 bits per heavy atom. The molecule has 2 atom stereocenters. The first-order valence-electron chi connectivity index (χ1n) is 9.61. The summed E-state index contributed by atoms with van der Waals surface area (Å²) in [5.41, 5.74) is 0. The monoisotopic (exact) mass is 398 g/mol. The maximum absolute atomic E-state index is 11.9. The van der Waals surface area contributed by atoms with Crippen molar-refractivity contribution in [2.75, 3.05) is 45.6 Å². The van der Waals surface area contributed by atoms with Crippen molar-refractivity contribution in [2.24, 2.45) is 10.9 Å². The fourth-order valence-corrected chi connectivity index (χ4v) is 4.73. The second-order valence-electron chi connectivity index (χ2n) is 7.23. The Labute approximate surface area is 161 Å². The molecule has 0 spiro atoms. The summed E-state index contributed by atoms with van der Waals surface area (Å²) in [5, 5.41) is 6.66. The van der Waals surface area contributed by atoms with Gasteiger partial charge in [-0.25, -0.2) is 8.42 Å². The summed E-state index contributed by atoms with van der Waals surface area (Å²) in [7, 11) is -3.17. The molecule has 9 heteroatoms. The summed E-state index contributed by atoms with van der Waals surface area (Å²) in [6, 6.07) is 3.80. The third-order valence-electron chi connectivity index (χ3n) is 5.03. The summed E-state index contributed by atoms with van der Waals surface area (Å²) in [5.74, 6) is 2.09. The molecule has 1 unspecified atom stereocenters. The minimum atomic E-state index is -3.17. The molecule has 27 heavy (non-hydrogen) atoms. The van der Waals surface area contributed by atoms with Gasteiger partial charge in [0.25, 0.3) is 0 Å². The van der Waals surface area contributed by atoms with E-state index in [4.69, 9.17) is 9.15 Å². The second kappa shape index (κ2) is 9.57. The highest BCUT2D eigenvalue weighted by Gasteiger charge is 2.31. The van der Waals surface area contributed by atoms with Crippen LogP contribution in [0.25, 0.3) is 0 Å². The van der Waals surface area contributed by atoms with Crippen LogP contribution in [-0.4, -0.2) is 70.4 Å². The van der Waals surface area contributed by atoms with Gasteiger partial charge in [-0.15, -0.1) is 0 Å². The first-order valence-corrected chi connectivity index (χ1v) is 11.5. The molecule has 1 aromatic rings. The van der Waals surface area contributed by atoms with Crippen LogP contribution in [0.5, 0.6) is 0 Å². The highest BCUT2D eigenvalue weighted by Crippen LogP contribution is 2.19. The minimum absolute atomic E-state index is 0.0214. The molecule has 2 fully saturated rings. The van der Waals surface area contributed by atoms with Gasteiger partial charge in [0.2, 0.25) is 10.0 Å². The van der Waals surface area contributed by atoms with Gasteiger partial charge < -0.3 is 19.8 Å². The normalized spacial score (nSPS) is 24.4. The van der Waals surface area contributed by atoms with Crippen LogP contribution in [0.2, 0.25) is 0 Å². The summed E-state index contributed by atoms with van der Waals surface area (Å²) in [4.78, 5) is 4.69. The molecule has 0 aliphatic carbocycles. The van der Waals surface area contributed by atoms with E-state index in [-0.39, 0.29) is 6.04 Å². The SMILES string of the molecule is CS(=O)(=O)N1CCC[C@@H]1CNC(=NCC1CCOC1)NCCc1ccco1. The van der Waals surface area contributed by atoms with Crippen LogP contribution in [0, 0.1) is 5.92 Å². The predicted octanol–water partition coefficient (Wildman–Crippen LogP) is 0.818. The van der Waals surface area contributed by atoms with Crippen molar-refractivity contribution in [3.63, 3.8) is 0 Å². The highest BCUT2D eigenvalue weighted by atomic mass is 32.2. The lowest BCUT2D eigenvalue weighted by molar-refractivity contribution is 0.187. The van der Waals surface area contributed by atoms with Crippen LogP contribution in [0.1, 0.15) is 25.0 Å². The fraction of sp³-hybridized carbons (Fsp3) is 0.722. The summed E-state index contributed by atoms with van der Waals surface area (Å²) >= 11 is 0. The highest BCUT2D eigenvalue weighted by molar-refractivity contribution is 7.88. The Bertz CT molecular complexity index is 699. The van der Waals surface area contributed by atoms with Gasteiger partial charge in [-0.05, 0) is 31.4 Å². The van der Waals surface area contributed by atoms with Crippen molar-refractivity contribution in [2.45, 2.75) is 31.7 Å². The van der Waals surface area contributed by atoms with E-state index in [2.05, 4.69) is 15.6 Å². The third kappa shape index (κ3) is 6.22.